The SMILES string of the molecule is NCCc1ccc(-c2cc(-c3ccccc3)cc(C(N)=O)c2N)cc1. The van der Waals surface area contributed by atoms with Crippen molar-refractivity contribution in [1.29, 1.82) is 0 Å². The highest BCUT2D eigenvalue weighted by Crippen LogP contribution is 2.34. The second kappa shape index (κ2) is 7.20. The van der Waals surface area contributed by atoms with Crippen LogP contribution in [0.15, 0.2) is 66.7 Å². The third-order valence-corrected chi connectivity index (χ3v) is 4.25. The van der Waals surface area contributed by atoms with Gasteiger partial charge in [0.1, 0.15) is 0 Å². The topological polar surface area (TPSA) is 95.1 Å². The lowest BCUT2D eigenvalue weighted by atomic mass is 9.93. The van der Waals surface area contributed by atoms with Crippen molar-refractivity contribution in [3.63, 3.8) is 0 Å². The Balaban J connectivity index is 2.14. The fraction of sp³-hybridized carbons (Fsp3) is 0.0952. The van der Waals surface area contributed by atoms with Crippen molar-refractivity contribution < 1.29 is 4.79 Å². The van der Waals surface area contributed by atoms with Crippen molar-refractivity contribution in [2.45, 2.75) is 6.42 Å². The second-order valence-corrected chi connectivity index (χ2v) is 5.95. The molecule has 0 aliphatic carbocycles. The molecular weight excluding hydrogens is 310 g/mol. The van der Waals surface area contributed by atoms with E-state index in [9.17, 15) is 4.79 Å². The quantitative estimate of drug-likeness (QED) is 0.626. The summed E-state index contributed by atoms with van der Waals surface area (Å²) in [5.74, 6) is -0.531. The molecule has 0 saturated heterocycles. The van der Waals surface area contributed by atoms with Gasteiger partial charge < -0.3 is 17.2 Å². The Bertz CT molecular complexity index is 887. The summed E-state index contributed by atoms with van der Waals surface area (Å²) < 4.78 is 0. The number of rotatable bonds is 5. The molecule has 0 saturated carbocycles. The maximum Gasteiger partial charge on any atom is 0.250 e. The van der Waals surface area contributed by atoms with Crippen LogP contribution in [0, 0.1) is 0 Å². The molecule has 0 spiro atoms. The Hall–Kier alpha value is -3.11. The number of carbonyl (C=O) groups is 1. The Morgan fingerprint density at radius 3 is 2.12 bits per heavy atom. The Morgan fingerprint density at radius 2 is 1.52 bits per heavy atom. The number of nitrogens with two attached hydrogens (primary N) is 3. The van der Waals surface area contributed by atoms with Crippen LogP contribution in [0.1, 0.15) is 15.9 Å². The molecule has 4 nitrogen and oxygen atoms in total. The maximum atomic E-state index is 11.9. The molecule has 3 aromatic rings. The van der Waals surface area contributed by atoms with Gasteiger partial charge in [-0.05, 0) is 47.4 Å². The molecule has 0 unspecified atom stereocenters. The van der Waals surface area contributed by atoms with E-state index >= 15 is 0 Å². The minimum absolute atomic E-state index is 0.336. The number of hydrogen-bond acceptors (Lipinski definition) is 3. The number of benzene rings is 3. The molecule has 0 atom stereocenters. The lowest BCUT2D eigenvalue weighted by molar-refractivity contribution is 0.100. The zero-order valence-corrected chi connectivity index (χ0v) is 13.9. The average Bonchev–Trinajstić information content (AvgIpc) is 2.63. The number of primary amides is 1. The van der Waals surface area contributed by atoms with Crippen LogP contribution in [0.4, 0.5) is 5.69 Å². The van der Waals surface area contributed by atoms with Gasteiger partial charge in [0.15, 0.2) is 0 Å². The van der Waals surface area contributed by atoms with Crippen molar-refractivity contribution in [2.24, 2.45) is 11.5 Å². The Labute approximate surface area is 147 Å². The number of carbonyl (C=O) groups excluding carboxylic acids is 1. The number of anilines is 1. The summed E-state index contributed by atoms with van der Waals surface area (Å²) in [5.41, 5.74) is 22.9. The number of hydrogen-bond donors (Lipinski definition) is 3. The van der Waals surface area contributed by atoms with Crippen LogP contribution in [0.25, 0.3) is 22.3 Å². The molecule has 0 heterocycles. The molecule has 0 aliphatic heterocycles. The molecule has 3 rings (SSSR count). The van der Waals surface area contributed by atoms with Gasteiger partial charge in [0.2, 0.25) is 0 Å². The zero-order chi connectivity index (χ0) is 17.8. The van der Waals surface area contributed by atoms with E-state index in [0.717, 1.165) is 28.7 Å². The fourth-order valence-electron chi connectivity index (χ4n) is 2.91. The summed E-state index contributed by atoms with van der Waals surface area (Å²) in [6, 6.07) is 21.6. The first kappa shape index (κ1) is 16.7. The molecule has 0 radical (unpaired) electrons. The standard InChI is InChI=1S/C21H21N3O/c22-11-10-14-6-8-16(9-7-14)18-12-17(15-4-2-1-3-5-15)13-19(20(18)23)21(24)25/h1-9,12-13H,10-11,22-23H2,(H2,24,25). The summed E-state index contributed by atoms with van der Waals surface area (Å²) in [6.07, 6.45) is 0.826. The molecule has 0 fully saturated rings. The van der Waals surface area contributed by atoms with E-state index < -0.39 is 5.91 Å². The van der Waals surface area contributed by atoms with Crippen LogP contribution in [0.3, 0.4) is 0 Å². The van der Waals surface area contributed by atoms with Crippen molar-refractivity contribution in [2.75, 3.05) is 12.3 Å². The van der Waals surface area contributed by atoms with E-state index in [4.69, 9.17) is 17.2 Å². The highest BCUT2D eigenvalue weighted by molar-refractivity contribution is 6.03. The van der Waals surface area contributed by atoms with Crippen LogP contribution in [-0.4, -0.2) is 12.5 Å². The van der Waals surface area contributed by atoms with Crippen LogP contribution >= 0.6 is 0 Å². The van der Waals surface area contributed by atoms with Gasteiger partial charge in [-0.1, -0.05) is 54.6 Å². The molecule has 25 heavy (non-hydrogen) atoms. The first-order chi connectivity index (χ1) is 12.1. The van der Waals surface area contributed by atoms with Crippen LogP contribution < -0.4 is 17.2 Å². The molecule has 3 aromatic carbocycles. The van der Waals surface area contributed by atoms with E-state index in [1.54, 1.807) is 6.07 Å². The third kappa shape index (κ3) is 3.54. The van der Waals surface area contributed by atoms with Crippen LogP contribution in [-0.2, 0) is 6.42 Å². The maximum absolute atomic E-state index is 11.9. The molecule has 0 bridgehead atoms. The van der Waals surface area contributed by atoms with Crippen molar-refractivity contribution in [3.8, 4) is 22.3 Å². The van der Waals surface area contributed by atoms with Crippen molar-refractivity contribution in [3.05, 3.63) is 77.9 Å². The summed E-state index contributed by atoms with van der Waals surface area (Å²) in [6.45, 7) is 0.608. The number of nitrogen functional groups attached to an aromatic ring is 1. The Kier molecular flexibility index (Phi) is 4.82. The largest absolute Gasteiger partial charge is 0.398 e. The average molecular weight is 331 g/mol. The molecule has 1 amide bonds. The van der Waals surface area contributed by atoms with Gasteiger partial charge in [-0.15, -0.1) is 0 Å². The summed E-state index contributed by atoms with van der Waals surface area (Å²) >= 11 is 0. The van der Waals surface area contributed by atoms with Crippen molar-refractivity contribution in [1.82, 2.24) is 0 Å². The van der Waals surface area contributed by atoms with Crippen LogP contribution in [0.5, 0.6) is 0 Å². The van der Waals surface area contributed by atoms with Gasteiger partial charge in [-0.25, -0.2) is 0 Å². The van der Waals surface area contributed by atoms with Gasteiger partial charge >= 0.3 is 0 Å². The normalized spacial score (nSPS) is 10.6. The summed E-state index contributed by atoms with van der Waals surface area (Å²) in [4.78, 5) is 11.9. The van der Waals surface area contributed by atoms with E-state index in [-0.39, 0.29) is 0 Å². The minimum atomic E-state index is -0.531. The predicted octanol–water partition coefficient (Wildman–Crippen LogP) is 3.20. The van der Waals surface area contributed by atoms with Crippen molar-refractivity contribution >= 4 is 11.6 Å². The van der Waals surface area contributed by atoms with Gasteiger partial charge in [-0.3, -0.25) is 4.79 Å². The molecule has 4 heteroatoms. The lowest BCUT2D eigenvalue weighted by Gasteiger charge is -2.13. The molecular formula is C21H21N3O. The smallest absolute Gasteiger partial charge is 0.250 e. The van der Waals surface area contributed by atoms with Gasteiger partial charge in [-0.2, -0.15) is 0 Å². The predicted molar refractivity (Wildman–Crippen MR) is 103 cm³/mol. The van der Waals surface area contributed by atoms with E-state index in [2.05, 4.69) is 0 Å². The van der Waals surface area contributed by atoms with E-state index in [1.807, 2.05) is 60.7 Å². The zero-order valence-electron chi connectivity index (χ0n) is 13.9. The lowest BCUT2D eigenvalue weighted by Crippen LogP contribution is -2.14. The summed E-state index contributed by atoms with van der Waals surface area (Å²) in [7, 11) is 0. The molecule has 6 N–H and O–H groups in total. The second-order valence-electron chi connectivity index (χ2n) is 5.95. The highest BCUT2D eigenvalue weighted by Gasteiger charge is 2.14. The molecule has 0 aromatic heterocycles. The summed E-state index contributed by atoms with van der Waals surface area (Å²) in [5, 5.41) is 0. The van der Waals surface area contributed by atoms with Gasteiger partial charge in [0.25, 0.3) is 5.91 Å². The monoisotopic (exact) mass is 331 g/mol. The van der Waals surface area contributed by atoms with Gasteiger partial charge in [0, 0.05) is 5.56 Å². The first-order valence-electron chi connectivity index (χ1n) is 8.18. The van der Waals surface area contributed by atoms with Gasteiger partial charge in [0.05, 0.1) is 11.3 Å². The Morgan fingerprint density at radius 1 is 0.840 bits per heavy atom. The number of amides is 1. The van der Waals surface area contributed by atoms with E-state index in [0.29, 0.717) is 17.8 Å². The molecule has 0 aliphatic rings. The molecule has 126 valence electrons. The van der Waals surface area contributed by atoms with E-state index in [1.165, 1.54) is 5.56 Å². The minimum Gasteiger partial charge on any atom is -0.398 e. The first-order valence-corrected chi connectivity index (χ1v) is 8.18. The van der Waals surface area contributed by atoms with Crippen LogP contribution in [0.2, 0.25) is 0 Å². The third-order valence-electron chi connectivity index (χ3n) is 4.25. The highest BCUT2D eigenvalue weighted by atomic mass is 16.1. The fourth-order valence-corrected chi connectivity index (χ4v) is 2.91.